The van der Waals surface area contributed by atoms with Gasteiger partial charge in [0.25, 0.3) is 0 Å². The van der Waals surface area contributed by atoms with Crippen LogP contribution in [-0.2, 0) is 24.2 Å². The molecule has 1 aromatic rings. The van der Waals surface area contributed by atoms with Crippen molar-refractivity contribution in [3.63, 3.8) is 0 Å². The van der Waals surface area contributed by atoms with Gasteiger partial charge in [0.1, 0.15) is 5.78 Å². The van der Waals surface area contributed by atoms with E-state index >= 15 is 0 Å². The number of ketones is 1. The zero-order chi connectivity index (χ0) is 13.0. The van der Waals surface area contributed by atoms with Gasteiger partial charge in [-0.15, -0.1) is 0 Å². The first-order valence-electron chi connectivity index (χ1n) is 6.94. The van der Waals surface area contributed by atoms with E-state index in [0.29, 0.717) is 6.42 Å². The number of carbonyl (C=O) groups is 1. The molecule has 0 radical (unpaired) electrons. The van der Waals surface area contributed by atoms with Crippen LogP contribution < -0.4 is 0 Å². The van der Waals surface area contributed by atoms with E-state index in [2.05, 4.69) is 30.1 Å². The topological polar surface area (TPSA) is 20.3 Å². The summed E-state index contributed by atoms with van der Waals surface area (Å²) >= 11 is 0. The fourth-order valence-electron chi connectivity index (χ4n) is 2.62. The summed E-state index contributed by atoms with van der Waals surface area (Å²) in [4.78, 5) is 13.2. The van der Waals surface area contributed by atoms with Gasteiger partial charge in [-0.05, 0) is 56.3 Å². The van der Waals surface area contributed by atoms with Crippen molar-refractivity contribution in [2.24, 2.45) is 0 Å². The second-order valence-corrected chi connectivity index (χ2v) is 5.50. The fourth-order valence-corrected chi connectivity index (χ4v) is 2.62. The highest BCUT2D eigenvalue weighted by atomic mass is 16.1. The lowest BCUT2D eigenvalue weighted by Gasteiger charge is -2.19. The first-order chi connectivity index (χ1) is 8.65. The van der Waals surface area contributed by atoms with Crippen LogP contribution in [0.15, 0.2) is 18.2 Å². The molecule has 2 nitrogen and oxygen atoms in total. The third kappa shape index (κ3) is 3.67. The minimum Gasteiger partial charge on any atom is -0.302 e. The van der Waals surface area contributed by atoms with Crippen molar-refractivity contribution in [2.75, 3.05) is 13.6 Å². The van der Waals surface area contributed by atoms with Crippen LogP contribution in [0.3, 0.4) is 0 Å². The Morgan fingerprint density at radius 1 is 1.22 bits per heavy atom. The number of rotatable bonds is 5. The first-order valence-corrected chi connectivity index (χ1v) is 6.94. The number of fused-ring (bicyclic) bond motifs is 1. The van der Waals surface area contributed by atoms with Gasteiger partial charge in [0, 0.05) is 19.5 Å². The van der Waals surface area contributed by atoms with E-state index in [1.807, 2.05) is 0 Å². The smallest absolute Gasteiger partial charge is 0.131 e. The summed E-state index contributed by atoms with van der Waals surface area (Å²) in [7, 11) is 2.09. The molecular formula is C16H23NO. The van der Waals surface area contributed by atoms with Crippen LogP contribution in [-0.4, -0.2) is 24.3 Å². The molecule has 1 aliphatic rings. The van der Waals surface area contributed by atoms with Crippen LogP contribution in [0.5, 0.6) is 0 Å². The van der Waals surface area contributed by atoms with Crippen LogP contribution >= 0.6 is 0 Å². The predicted octanol–water partition coefficient (Wildman–Crippen LogP) is 2.98. The Balaban J connectivity index is 1.95. The van der Waals surface area contributed by atoms with Crippen LogP contribution in [0.25, 0.3) is 0 Å². The average Bonchev–Trinajstić information content (AvgIpc) is 2.36. The van der Waals surface area contributed by atoms with E-state index in [1.54, 1.807) is 12.5 Å². The van der Waals surface area contributed by atoms with Crippen molar-refractivity contribution in [3.8, 4) is 0 Å². The maximum atomic E-state index is 11.0. The van der Waals surface area contributed by atoms with Crippen molar-refractivity contribution in [1.29, 1.82) is 0 Å². The fraction of sp³-hybridized carbons (Fsp3) is 0.562. The van der Waals surface area contributed by atoms with Crippen molar-refractivity contribution in [2.45, 2.75) is 45.6 Å². The number of hydrogen-bond donors (Lipinski definition) is 0. The summed E-state index contributed by atoms with van der Waals surface area (Å²) in [6, 6.07) is 6.90. The number of hydrogen-bond acceptors (Lipinski definition) is 2. The molecule has 0 unspecified atom stereocenters. The number of nitrogens with zero attached hydrogens (tertiary/aromatic N) is 1. The molecule has 2 rings (SSSR count). The Morgan fingerprint density at radius 2 is 1.94 bits per heavy atom. The van der Waals surface area contributed by atoms with Gasteiger partial charge in [-0.1, -0.05) is 18.2 Å². The molecule has 0 bridgehead atoms. The maximum Gasteiger partial charge on any atom is 0.131 e. The lowest BCUT2D eigenvalue weighted by atomic mass is 9.90. The lowest BCUT2D eigenvalue weighted by molar-refractivity contribution is -0.117. The zero-order valence-corrected chi connectivity index (χ0v) is 11.5. The molecular weight excluding hydrogens is 222 g/mol. The van der Waals surface area contributed by atoms with E-state index in [1.165, 1.54) is 36.8 Å². The molecule has 0 saturated carbocycles. The lowest BCUT2D eigenvalue weighted by Crippen LogP contribution is -2.21. The Kier molecular flexibility index (Phi) is 4.54. The van der Waals surface area contributed by atoms with Gasteiger partial charge < -0.3 is 4.90 Å². The summed E-state index contributed by atoms with van der Waals surface area (Å²) in [6.07, 6.45) is 5.80. The Morgan fingerprint density at radius 3 is 2.67 bits per heavy atom. The van der Waals surface area contributed by atoms with Crippen LogP contribution in [0.2, 0.25) is 0 Å². The number of aryl methyl sites for hydroxylation is 2. The largest absolute Gasteiger partial charge is 0.302 e. The summed E-state index contributed by atoms with van der Waals surface area (Å²) in [6.45, 7) is 3.46. The minimum absolute atomic E-state index is 0.271. The summed E-state index contributed by atoms with van der Waals surface area (Å²) in [5.41, 5.74) is 4.46. The molecule has 0 N–H and O–H groups in total. The molecule has 98 valence electrons. The van der Waals surface area contributed by atoms with Gasteiger partial charge in [0.15, 0.2) is 0 Å². The Hall–Kier alpha value is -1.15. The molecule has 0 spiro atoms. The summed E-state index contributed by atoms with van der Waals surface area (Å²) in [5, 5.41) is 0. The van der Waals surface area contributed by atoms with Gasteiger partial charge in [0.2, 0.25) is 0 Å². The molecule has 0 atom stereocenters. The molecule has 0 aromatic heterocycles. The minimum atomic E-state index is 0.271. The van der Waals surface area contributed by atoms with Crippen molar-refractivity contribution in [1.82, 2.24) is 4.90 Å². The Bertz CT molecular complexity index is 425. The van der Waals surface area contributed by atoms with Crippen LogP contribution in [0, 0.1) is 0 Å². The highest BCUT2D eigenvalue weighted by Crippen LogP contribution is 2.22. The van der Waals surface area contributed by atoms with Crippen LogP contribution in [0.4, 0.5) is 0 Å². The molecule has 2 heteroatoms. The number of benzene rings is 1. The molecule has 0 fully saturated rings. The standard InChI is InChI=1S/C16H23NO/c1-13(18)9-10-17(2)12-14-7-8-15-5-3-4-6-16(15)11-14/h7-8,11H,3-6,9-10,12H2,1-2H3. The van der Waals surface area contributed by atoms with Crippen molar-refractivity contribution < 1.29 is 4.79 Å². The van der Waals surface area contributed by atoms with E-state index < -0.39 is 0 Å². The first kappa shape index (κ1) is 13.3. The highest BCUT2D eigenvalue weighted by Gasteiger charge is 2.10. The summed E-state index contributed by atoms with van der Waals surface area (Å²) < 4.78 is 0. The quantitative estimate of drug-likeness (QED) is 0.795. The number of carbonyl (C=O) groups excluding carboxylic acids is 1. The van der Waals surface area contributed by atoms with E-state index in [4.69, 9.17) is 0 Å². The van der Waals surface area contributed by atoms with E-state index in [0.717, 1.165) is 13.1 Å². The third-order valence-electron chi connectivity index (χ3n) is 3.71. The predicted molar refractivity (Wildman–Crippen MR) is 74.7 cm³/mol. The van der Waals surface area contributed by atoms with Gasteiger partial charge >= 0.3 is 0 Å². The molecule has 0 aliphatic heterocycles. The highest BCUT2D eigenvalue weighted by molar-refractivity contribution is 5.75. The third-order valence-corrected chi connectivity index (χ3v) is 3.71. The molecule has 1 aromatic carbocycles. The molecule has 0 saturated heterocycles. The van der Waals surface area contributed by atoms with Gasteiger partial charge in [-0.3, -0.25) is 4.79 Å². The van der Waals surface area contributed by atoms with Crippen molar-refractivity contribution >= 4 is 5.78 Å². The zero-order valence-electron chi connectivity index (χ0n) is 11.5. The second kappa shape index (κ2) is 6.14. The molecule has 18 heavy (non-hydrogen) atoms. The van der Waals surface area contributed by atoms with Gasteiger partial charge in [0.05, 0.1) is 0 Å². The van der Waals surface area contributed by atoms with Gasteiger partial charge in [-0.25, -0.2) is 0 Å². The normalized spacial score (nSPS) is 14.6. The SMILES string of the molecule is CC(=O)CCN(C)Cc1ccc2c(c1)CCCC2. The Labute approximate surface area is 110 Å². The molecule has 0 amide bonds. The maximum absolute atomic E-state index is 11.0. The number of Topliss-reactive ketones (excluding diaryl/α,β-unsaturated/α-hetero) is 1. The monoisotopic (exact) mass is 245 g/mol. The van der Waals surface area contributed by atoms with E-state index in [9.17, 15) is 4.79 Å². The van der Waals surface area contributed by atoms with Crippen LogP contribution in [0.1, 0.15) is 42.9 Å². The molecule has 1 aliphatic carbocycles. The van der Waals surface area contributed by atoms with E-state index in [-0.39, 0.29) is 5.78 Å². The average molecular weight is 245 g/mol. The van der Waals surface area contributed by atoms with Gasteiger partial charge in [-0.2, -0.15) is 0 Å². The van der Waals surface area contributed by atoms with Crippen molar-refractivity contribution in [3.05, 3.63) is 34.9 Å². The summed E-state index contributed by atoms with van der Waals surface area (Å²) in [5.74, 6) is 0.271. The second-order valence-electron chi connectivity index (χ2n) is 5.50. The molecule has 0 heterocycles.